The SMILES string of the molecule is C=C(C1=C(C)C(OC2=CC3=C(CCO3)CN2)CC1)N1CCOCC1.CC.CC(=O)O. The molecule has 30 heavy (non-hydrogen) atoms. The Labute approximate surface area is 180 Å². The molecule has 0 saturated carbocycles. The van der Waals surface area contributed by atoms with Crippen molar-refractivity contribution in [2.75, 3.05) is 39.5 Å². The molecule has 0 aromatic carbocycles. The largest absolute Gasteiger partial charge is 0.493 e. The van der Waals surface area contributed by atoms with Crippen LogP contribution in [0.15, 0.2) is 46.7 Å². The first-order valence-electron chi connectivity index (χ1n) is 10.8. The van der Waals surface area contributed by atoms with Crippen molar-refractivity contribution < 1.29 is 24.1 Å². The molecule has 1 saturated heterocycles. The average molecular weight is 421 g/mol. The van der Waals surface area contributed by atoms with Gasteiger partial charge in [0.1, 0.15) is 11.9 Å². The Morgan fingerprint density at radius 1 is 1.27 bits per heavy atom. The number of nitrogens with zero attached hydrogens (tertiary/aromatic N) is 1. The van der Waals surface area contributed by atoms with Crippen molar-refractivity contribution >= 4 is 5.97 Å². The summed E-state index contributed by atoms with van der Waals surface area (Å²) < 4.78 is 17.3. The van der Waals surface area contributed by atoms with E-state index in [9.17, 15) is 0 Å². The Morgan fingerprint density at radius 2 is 1.93 bits per heavy atom. The quantitative estimate of drug-likeness (QED) is 0.720. The number of hydrogen-bond acceptors (Lipinski definition) is 6. The first-order chi connectivity index (χ1) is 14.5. The van der Waals surface area contributed by atoms with Crippen LogP contribution in [0.3, 0.4) is 0 Å². The van der Waals surface area contributed by atoms with E-state index in [4.69, 9.17) is 24.1 Å². The Morgan fingerprint density at radius 3 is 2.60 bits per heavy atom. The highest BCUT2D eigenvalue weighted by Crippen LogP contribution is 2.35. The van der Waals surface area contributed by atoms with E-state index in [1.165, 1.54) is 16.7 Å². The fraction of sp³-hybridized carbons (Fsp3) is 0.609. The van der Waals surface area contributed by atoms with Crippen molar-refractivity contribution in [3.05, 3.63) is 46.7 Å². The zero-order valence-corrected chi connectivity index (χ0v) is 18.8. The van der Waals surface area contributed by atoms with E-state index < -0.39 is 5.97 Å². The standard InChI is InChI=1S/C19H26N2O3.C2H4O2.C2H6/c1-13-16(14(2)21-6-9-22-10-7-21)3-4-17(13)24-19-11-18-15(12-20-19)5-8-23-18;1-2(3)4;1-2/h11,17,20H,2-10,12H2,1H3;1H3,(H,3,4);1-2H3. The van der Waals surface area contributed by atoms with E-state index in [2.05, 4.69) is 23.7 Å². The summed E-state index contributed by atoms with van der Waals surface area (Å²) in [7, 11) is 0. The molecule has 2 N–H and O–H groups in total. The second-order valence-corrected chi connectivity index (χ2v) is 7.30. The Balaban J connectivity index is 0.000000481. The summed E-state index contributed by atoms with van der Waals surface area (Å²) in [4.78, 5) is 11.3. The van der Waals surface area contributed by atoms with E-state index in [-0.39, 0.29) is 6.10 Å². The number of carbonyl (C=O) groups is 1. The number of ether oxygens (including phenoxy) is 3. The van der Waals surface area contributed by atoms with Crippen molar-refractivity contribution in [1.82, 2.24) is 10.2 Å². The summed E-state index contributed by atoms with van der Waals surface area (Å²) in [5.74, 6) is 1.000. The molecule has 1 fully saturated rings. The molecule has 0 bridgehead atoms. The summed E-state index contributed by atoms with van der Waals surface area (Å²) in [5.41, 5.74) is 5.16. The Bertz CT molecular complexity index is 713. The van der Waals surface area contributed by atoms with Gasteiger partial charge in [0.15, 0.2) is 5.88 Å². The molecule has 0 amide bonds. The molecule has 0 radical (unpaired) electrons. The van der Waals surface area contributed by atoms with E-state index in [0.717, 1.165) is 83.0 Å². The number of hydrogen-bond donors (Lipinski definition) is 2. The summed E-state index contributed by atoms with van der Waals surface area (Å²) in [6.07, 6.45) is 5.20. The molecular formula is C23H36N2O5. The molecule has 1 atom stereocenters. The van der Waals surface area contributed by atoms with Gasteiger partial charge in [-0.1, -0.05) is 20.4 Å². The van der Waals surface area contributed by atoms with E-state index in [1.54, 1.807) is 0 Å². The van der Waals surface area contributed by atoms with Crippen LogP contribution in [0.5, 0.6) is 0 Å². The number of morpholine rings is 1. The Kier molecular flexibility index (Phi) is 9.30. The fourth-order valence-corrected chi connectivity index (χ4v) is 3.85. The van der Waals surface area contributed by atoms with Gasteiger partial charge in [-0.3, -0.25) is 4.79 Å². The maximum Gasteiger partial charge on any atom is 0.300 e. The molecule has 0 aromatic heterocycles. The number of carboxylic acids is 1. The van der Waals surface area contributed by atoms with Gasteiger partial charge in [-0.2, -0.15) is 0 Å². The number of carboxylic acid groups (broad SMARTS) is 1. The number of aliphatic carboxylic acids is 1. The van der Waals surface area contributed by atoms with Gasteiger partial charge < -0.3 is 29.5 Å². The molecule has 0 aromatic rings. The second kappa shape index (κ2) is 11.7. The van der Waals surface area contributed by atoms with Gasteiger partial charge in [0.25, 0.3) is 5.97 Å². The minimum absolute atomic E-state index is 0.125. The first-order valence-corrected chi connectivity index (χ1v) is 10.8. The molecule has 3 aliphatic heterocycles. The van der Waals surface area contributed by atoms with Gasteiger partial charge in [-0.25, -0.2) is 0 Å². The molecule has 1 unspecified atom stereocenters. The average Bonchev–Trinajstić information content (AvgIpc) is 3.36. The van der Waals surface area contributed by atoms with Crippen LogP contribution >= 0.6 is 0 Å². The molecule has 4 aliphatic rings. The smallest absolute Gasteiger partial charge is 0.300 e. The van der Waals surface area contributed by atoms with E-state index >= 15 is 0 Å². The van der Waals surface area contributed by atoms with Crippen molar-refractivity contribution in [2.45, 2.75) is 53.1 Å². The molecular weight excluding hydrogens is 384 g/mol. The maximum absolute atomic E-state index is 9.00. The van der Waals surface area contributed by atoms with E-state index in [1.807, 2.05) is 19.9 Å². The third kappa shape index (κ3) is 6.29. The summed E-state index contributed by atoms with van der Waals surface area (Å²) >= 11 is 0. The number of nitrogens with one attached hydrogen (secondary N) is 1. The van der Waals surface area contributed by atoms with Crippen LogP contribution in [0.1, 0.15) is 47.0 Å². The van der Waals surface area contributed by atoms with Crippen LogP contribution in [-0.2, 0) is 19.0 Å². The van der Waals surface area contributed by atoms with E-state index in [0.29, 0.717) is 0 Å². The van der Waals surface area contributed by atoms with Crippen molar-refractivity contribution in [2.24, 2.45) is 0 Å². The van der Waals surface area contributed by atoms with Gasteiger partial charge in [0, 0.05) is 44.8 Å². The lowest BCUT2D eigenvalue weighted by Crippen LogP contribution is -2.35. The normalized spacial score (nSPS) is 22.5. The van der Waals surface area contributed by atoms with Crippen molar-refractivity contribution in [3.63, 3.8) is 0 Å². The lowest BCUT2D eigenvalue weighted by atomic mass is 10.1. The van der Waals surface area contributed by atoms with Crippen molar-refractivity contribution in [1.29, 1.82) is 0 Å². The molecule has 7 nitrogen and oxygen atoms in total. The zero-order valence-electron chi connectivity index (χ0n) is 18.8. The van der Waals surface area contributed by atoms with Crippen LogP contribution in [-0.4, -0.2) is 61.5 Å². The fourth-order valence-electron chi connectivity index (χ4n) is 3.85. The predicted molar refractivity (Wildman–Crippen MR) is 117 cm³/mol. The lowest BCUT2D eigenvalue weighted by molar-refractivity contribution is -0.134. The van der Waals surface area contributed by atoms with Gasteiger partial charge >= 0.3 is 0 Å². The van der Waals surface area contributed by atoms with Crippen LogP contribution in [0.4, 0.5) is 0 Å². The highest BCUT2D eigenvalue weighted by molar-refractivity contribution is 5.62. The van der Waals surface area contributed by atoms with Gasteiger partial charge in [-0.15, -0.1) is 0 Å². The number of rotatable bonds is 4. The summed E-state index contributed by atoms with van der Waals surface area (Å²) in [5, 5.41) is 10.8. The van der Waals surface area contributed by atoms with Crippen LogP contribution in [0.25, 0.3) is 0 Å². The lowest BCUT2D eigenvalue weighted by Gasteiger charge is -2.31. The Hall–Kier alpha value is -2.41. The minimum atomic E-state index is -0.833. The number of dihydropyridines is 1. The molecule has 0 spiro atoms. The molecule has 1 aliphatic carbocycles. The third-order valence-corrected chi connectivity index (χ3v) is 5.37. The van der Waals surface area contributed by atoms with Gasteiger partial charge in [-0.05, 0) is 36.5 Å². The summed E-state index contributed by atoms with van der Waals surface area (Å²) in [6, 6.07) is 0. The van der Waals surface area contributed by atoms with Crippen LogP contribution < -0.4 is 5.32 Å². The highest BCUT2D eigenvalue weighted by Gasteiger charge is 2.29. The van der Waals surface area contributed by atoms with Gasteiger partial charge in [0.05, 0.1) is 19.8 Å². The number of allylic oxidation sites excluding steroid dienone is 2. The highest BCUT2D eigenvalue weighted by atomic mass is 16.5. The topological polar surface area (TPSA) is 80.3 Å². The monoisotopic (exact) mass is 420 g/mol. The van der Waals surface area contributed by atoms with Crippen molar-refractivity contribution in [3.8, 4) is 0 Å². The predicted octanol–water partition coefficient (Wildman–Crippen LogP) is 3.56. The molecule has 4 rings (SSSR count). The zero-order chi connectivity index (χ0) is 22.1. The van der Waals surface area contributed by atoms with Crippen LogP contribution in [0.2, 0.25) is 0 Å². The third-order valence-electron chi connectivity index (χ3n) is 5.37. The van der Waals surface area contributed by atoms with Crippen LogP contribution in [0, 0.1) is 0 Å². The first kappa shape index (κ1) is 23.9. The molecule has 7 heteroatoms. The molecule has 3 heterocycles. The minimum Gasteiger partial charge on any atom is -0.493 e. The second-order valence-electron chi connectivity index (χ2n) is 7.30. The van der Waals surface area contributed by atoms with Gasteiger partial charge in [0.2, 0.25) is 0 Å². The maximum atomic E-state index is 9.00. The summed E-state index contributed by atoms with van der Waals surface area (Å²) in [6.45, 7) is 16.7. The molecule has 168 valence electrons.